The van der Waals surface area contributed by atoms with E-state index in [9.17, 15) is 4.79 Å². The van der Waals surface area contributed by atoms with E-state index in [1.807, 2.05) is 38.1 Å². The maximum absolute atomic E-state index is 12.9. The van der Waals surface area contributed by atoms with Crippen molar-refractivity contribution in [1.29, 1.82) is 0 Å². The highest BCUT2D eigenvalue weighted by Gasteiger charge is 2.13. The van der Waals surface area contributed by atoms with Crippen LogP contribution in [0.3, 0.4) is 0 Å². The predicted octanol–water partition coefficient (Wildman–Crippen LogP) is 5.55. The zero-order valence-electron chi connectivity index (χ0n) is 18.2. The van der Waals surface area contributed by atoms with Gasteiger partial charge in [-0.05, 0) is 68.4 Å². The molecule has 0 fully saturated rings. The highest BCUT2D eigenvalue weighted by Crippen LogP contribution is 2.28. The summed E-state index contributed by atoms with van der Waals surface area (Å²) >= 11 is 0. The lowest BCUT2D eigenvalue weighted by atomic mass is 10.1. The molecule has 0 spiro atoms. The van der Waals surface area contributed by atoms with Crippen molar-refractivity contribution in [1.82, 2.24) is 4.98 Å². The summed E-state index contributed by atoms with van der Waals surface area (Å²) in [6, 6.07) is 18.0. The second-order valence-electron chi connectivity index (χ2n) is 6.94. The molecule has 4 rings (SSSR count). The summed E-state index contributed by atoms with van der Waals surface area (Å²) in [6.45, 7) is 4.77. The van der Waals surface area contributed by atoms with Gasteiger partial charge in [-0.2, -0.15) is 0 Å². The summed E-state index contributed by atoms with van der Waals surface area (Å²) in [5.74, 6) is 2.15. The van der Waals surface area contributed by atoms with Gasteiger partial charge in [0, 0.05) is 22.9 Å². The van der Waals surface area contributed by atoms with Crippen LogP contribution in [0.1, 0.15) is 24.2 Å². The number of hydrogen-bond donors (Lipinski definition) is 1. The summed E-state index contributed by atoms with van der Waals surface area (Å²) < 4.78 is 22.2. The average Bonchev–Trinajstić information content (AvgIpc) is 3.23. The molecule has 0 aliphatic carbocycles. The molecule has 1 N–H and O–H groups in total. The van der Waals surface area contributed by atoms with E-state index < -0.39 is 0 Å². The topological polar surface area (TPSA) is 82.8 Å². The second-order valence-corrected chi connectivity index (χ2v) is 6.94. The van der Waals surface area contributed by atoms with E-state index in [0.29, 0.717) is 53.0 Å². The Kier molecular flexibility index (Phi) is 6.26. The van der Waals surface area contributed by atoms with Gasteiger partial charge in [0.25, 0.3) is 5.91 Å². The van der Waals surface area contributed by atoms with Crippen molar-refractivity contribution in [3.63, 3.8) is 0 Å². The first-order valence-corrected chi connectivity index (χ1v) is 10.4. The SMILES string of the molecule is CCOc1cc(OCC)cc(C(=O)Nc2ccc3oc(-c4ccc(OC)cc4)nc3c2)c1. The minimum Gasteiger partial charge on any atom is -0.497 e. The van der Waals surface area contributed by atoms with E-state index in [2.05, 4.69) is 10.3 Å². The Labute approximate surface area is 185 Å². The van der Waals surface area contributed by atoms with Crippen molar-refractivity contribution in [2.24, 2.45) is 0 Å². The van der Waals surface area contributed by atoms with Crippen molar-refractivity contribution < 1.29 is 23.4 Å². The van der Waals surface area contributed by atoms with Crippen LogP contribution < -0.4 is 19.5 Å². The van der Waals surface area contributed by atoms with Crippen LogP contribution >= 0.6 is 0 Å². The molecule has 1 heterocycles. The summed E-state index contributed by atoms with van der Waals surface area (Å²) in [5, 5.41) is 2.90. The van der Waals surface area contributed by atoms with Crippen molar-refractivity contribution in [2.75, 3.05) is 25.6 Å². The molecule has 7 nitrogen and oxygen atoms in total. The number of benzene rings is 3. The number of nitrogens with one attached hydrogen (secondary N) is 1. The van der Waals surface area contributed by atoms with E-state index in [0.717, 1.165) is 11.3 Å². The van der Waals surface area contributed by atoms with E-state index >= 15 is 0 Å². The molecular formula is C25H24N2O5. The van der Waals surface area contributed by atoms with Gasteiger partial charge in [-0.3, -0.25) is 4.79 Å². The number of nitrogens with zero attached hydrogens (tertiary/aromatic N) is 1. The summed E-state index contributed by atoms with van der Waals surface area (Å²) in [6.07, 6.45) is 0. The zero-order chi connectivity index (χ0) is 22.5. The van der Waals surface area contributed by atoms with Crippen LogP contribution in [0.15, 0.2) is 65.1 Å². The van der Waals surface area contributed by atoms with Crippen molar-refractivity contribution in [2.45, 2.75) is 13.8 Å². The van der Waals surface area contributed by atoms with Crippen molar-refractivity contribution in [3.8, 4) is 28.7 Å². The quantitative estimate of drug-likeness (QED) is 0.393. The molecule has 0 saturated carbocycles. The first kappa shape index (κ1) is 21.2. The van der Waals surface area contributed by atoms with Crippen LogP contribution in [0.25, 0.3) is 22.6 Å². The van der Waals surface area contributed by atoms with E-state index in [1.54, 1.807) is 43.5 Å². The van der Waals surface area contributed by atoms with Crippen LogP contribution in [0.2, 0.25) is 0 Å². The molecule has 164 valence electrons. The standard InChI is InChI=1S/C25H24N2O5/c1-4-30-20-12-17(13-21(15-20)31-5-2)24(28)26-18-8-11-23-22(14-18)27-25(32-23)16-6-9-19(29-3)10-7-16/h6-15H,4-5H2,1-3H3,(H,26,28). The number of hydrogen-bond acceptors (Lipinski definition) is 6. The van der Waals surface area contributed by atoms with Gasteiger partial charge in [0.2, 0.25) is 5.89 Å². The monoisotopic (exact) mass is 432 g/mol. The van der Waals surface area contributed by atoms with Gasteiger partial charge in [-0.25, -0.2) is 4.98 Å². The molecule has 7 heteroatoms. The van der Waals surface area contributed by atoms with Crippen molar-refractivity contribution in [3.05, 3.63) is 66.2 Å². The lowest BCUT2D eigenvalue weighted by Crippen LogP contribution is -2.12. The Hall–Kier alpha value is -4.00. The maximum atomic E-state index is 12.9. The molecule has 0 atom stereocenters. The fourth-order valence-electron chi connectivity index (χ4n) is 3.27. The minimum atomic E-state index is -0.272. The number of oxazole rings is 1. The normalized spacial score (nSPS) is 10.7. The number of methoxy groups -OCH3 is 1. The molecule has 3 aromatic carbocycles. The molecule has 0 aliphatic rings. The lowest BCUT2D eigenvalue weighted by Gasteiger charge is -2.11. The van der Waals surface area contributed by atoms with Crippen LogP contribution in [-0.4, -0.2) is 31.2 Å². The number of fused-ring (bicyclic) bond motifs is 1. The van der Waals surface area contributed by atoms with Gasteiger partial charge >= 0.3 is 0 Å². The number of amides is 1. The van der Waals surface area contributed by atoms with E-state index in [4.69, 9.17) is 18.6 Å². The number of carbonyl (C=O) groups excluding carboxylic acids is 1. The molecule has 0 unspecified atom stereocenters. The number of aromatic nitrogens is 1. The number of carbonyl (C=O) groups is 1. The van der Waals surface area contributed by atoms with Crippen molar-refractivity contribution >= 4 is 22.7 Å². The molecule has 1 aromatic heterocycles. The summed E-state index contributed by atoms with van der Waals surface area (Å²) in [5.41, 5.74) is 3.16. The van der Waals surface area contributed by atoms with Crippen LogP contribution in [0.4, 0.5) is 5.69 Å². The zero-order valence-corrected chi connectivity index (χ0v) is 18.2. The first-order valence-electron chi connectivity index (χ1n) is 10.4. The molecule has 0 aliphatic heterocycles. The molecular weight excluding hydrogens is 408 g/mol. The van der Waals surface area contributed by atoms with E-state index in [-0.39, 0.29) is 5.91 Å². The summed E-state index contributed by atoms with van der Waals surface area (Å²) in [7, 11) is 1.62. The number of anilines is 1. The summed E-state index contributed by atoms with van der Waals surface area (Å²) in [4.78, 5) is 17.4. The minimum absolute atomic E-state index is 0.272. The van der Waals surface area contributed by atoms with Gasteiger partial charge < -0.3 is 23.9 Å². The fourth-order valence-corrected chi connectivity index (χ4v) is 3.27. The maximum Gasteiger partial charge on any atom is 0.255 e. The predicted molar refractivity (Wildman–Crippen MR) is 123 cm³/mol. The van der Waals surface area contributed by atoms with Crippen LogP contribution in [-0.2, 0) is 0 Å². The lowest BCUT2D eigenvalue weighted by molar-refractivity contribution is 0.102. The molecule has 0 bridgehead atoms. The fraction of sp³-hybridized carbons (Fsp3) is 0.200. The highest BCUT2D eigenvalue weighted by molar-refractivity contribution is 6.05. The van der Waals surface area contributed by atoms with Gasteiger partial charge in [0.15, 0.2) is 5.58 Å². The van der Waals surface area contributed by atoms with Crippen LogP contribution in [0.5, 0.6) is 17.2 Å². The third kappa shape index (κ3) is 4.67. The molecule has 0 radical (unpaired) electrons. The Balaban J connectivity index is 1.57. The van der Waals surface area contributed by atoms with Gasteiger partial charge in [-0.15, -0.1) is 0 Å². The van der Waals surface area contributed by atoms with Gasteiger partial charge in [0.1, 0.15) is 22.8 Å². The Morgan fingerprint density at radius 2 is 1.59 bits per heavy atom. The third-order valence-corrected chi connectivity index (χ3v) is 4.75. The van der Waals surface area contributed by atoms with Crippen LogP contribution in [0, 0.1) is 0 Å². The average molecular weight is 432 g/mol. The Morgan fingerprint density at radius 1 is 0.906 bits per heavy atom. The smallest absolute Gasteiger partial charge is 0.255 e. The van der Waals surface area contributed by atoms with Gasteiger partial charge in [0.05, 0.1) is 20.3 Å². The molecule has 4 aromatic rings. The Bertz CT molecular complexity index is 1210. The third-order valence-electron chi connectivity index (χ3n) is 4.75. The number of rotatable bonds is 8. The largest absolute Gasteiger partial charge is 0.497 e. The number of ether oxygens (including phenoxy) is 3. The highest BCUT2D eigenvalue weighted by atomic mass is 16.5. The molecule has 32 heavy (non-hydrogen) atoms. The molecule has 1 amide bonds. The molecule has 0 saturated heterocycles. The van der Waals surface area contributed by atoms with Gasteiger partial charge in [-0.1, -0.05) is 0 Å². The van der Waals surface area contributed by atoms with E-state index in [1.165, 1.54) is 0 Å². The first-order chi connectivity index (χ1) is 15.6. The second kappa shape index (κ2) is 9.43. The Morgan fingerprint density at radius 3 is 2.22 bits per heavy atom.